The molecule has 0 unspecified atom stereocenters. The minimum Gasteiger partial charge on any atom is -0.465 e. The first-order valence-corrected chi connectivity index (χ1v) is 7.19. The van der Waals surface area contributed by atoms with E-state index in [4.69, 9.17) is 4.74 Å². The smallest absolute Gasteiger partial charge is 0.300 e. The van der Waals surface area contributed by atoms with Crippen molar-refractivity contribution in [3.8, 4) is 6.01 Å². The lowest BCUT2D eigenvalue weighted by Gasteiger charge is -2.12. The lowest BCUT2D eigenvalue weighted by Crippen LogP contribution is -2.23. The van der Waals surface area contributed by atoms with E-state index in [9.17, 15) is 4.79 Å². The van der Waals surface area contributed by atoms with Gasteiger partial charge in [-0.05, 0) is 47.2 Å². The third-order valence-corrected chi connectivity index (χ3v) is 3.30. The highest BCUT2D eigenvalue weighted by Crippen LogP contribution is 2.16. The number of allylic oxidation sites excluding steroid dienone is 1. The average molecular weight is 370 g/mol. The summed E-state index contributed by atoms with van der Waals surface area (Å²) in [6.07, 6.45) is 2.54. The number of rotatable bonds is 5. The van der Waals surface area contributed by atoms with Crippen LogP contribution in [0.4, 0.5) is 0 Å². The van der Waals surface area contributed by atoms with Gasteiger partial charge in [0.05, 0.1) is 17.5 Å². The fraction of sp³-hybridized carbons (Fsp3) is 0.286. The van der Waals surface area contributed by atoms with Gasteiger partial charge in [-0.25, -0.2) is 0 Å². The first-order valence-electron chi connectivity index (χ1n) is 6.11. The Morgan fingerprint density at radius 1 is 1.53 bits per heavy atom. The third-order valence-electron chi connectivity index (χ3n) is 2.63. The van der Waals surface area contributed by atoms with Crippen LogP contribution in [0, 0.1) is 3.57 Å². The molecule has 0 aliphatic carbocycles. The van der Waals surface area contributed by atoms with Gasteiger partial charge in [-0.15, -0.1) is 6.58 Å². The van der Waals surface area contributed by atoms with Gasteiger partial charge in [0.1, 0.15) is 0 Å². The maximum atomic E-state index is 12.4. The summed E-state index contributed by atoms with van der Waals surface area (Å²) in [4.78, 5) is 16.9. The van der Waals surface area contributed by atoms with E-state index in [2.05, 4.69) is 34.2 Å². The normalized spacial score (nSPS) is 10.6. The molecule has 2 aromatic rings. The molecule has 0 fully saturated rings. The summed E-state index contributed by atoms with van der Waals surface area (Å²) in [6, 6.07) is 5.97. The van der Waals surface area contributed by atoms with Crippen LogP contribution in [0.25, 0.3) is 10.9 Å². The van der Waals surface area contributed by atoms with Gasteiger partial charge in [0.25, 0.3) is 11.6 Å². The minimum absolute atomic E-state index is 0.0884. The highest BCUT2D eigenvalue weighted by Gasteiger charge is 2.11. The predicted molar refractivity (Wildman–Crippen MR) is 84.7 cm³/mol. The predicted octanol–water partition coefficient (Wildman–Crippen LogP) is 2.98. The van der Waals surface area contributed by atoms with Crippen molar-refractivity contribution < 1.29 is 4.74 Å². The molecule has 0 saturated carbocycles. The summed E-state index contributed by atoms with van der Waals surface area (Å²) in [5.74, 6) is 0. The minimum atomic E-state index is -0.0884. The van der Waals surface area contributed by atoms with E-state index in [-0.39, 0.29) is 5.56 Å². The van der Waals surface area contributed by atoms with Crippen molar-refractivity contribution in [2.45, 2.75) is 19.9 Å². The number of ether oxygens (including phenoxy) is 1. The second-order valence-corrected chi connectivity index (χ2v) is 5.35. The molecule has 0 spiro atoms. The molecule has 0 bridgehead atoms. The maximum Gasteiger partial charge on any atom is 0.300 e. The molecule has 0 aliphatic rings. The van der Waals surface area contributed by atoms with E-state index in [0.29, 0.717) is 30.1 Å². The number of hydrogen-bond acceptors (Lipinski definition) is 3. The number of benzene rings is 1. The second kappa shape index (κ2) is 6.18. The number of halogens is 1. The van der Waals surface area contributed by atoms with E-state index in [1.807, 2.05) is 25.1 Å². The van der Waals surface area contributed by atoms with Crippen molar-refractivity contribution in [3.05, 3.63) is 44.8 Å². The molecule has 0 N–H and O–H groups in total. The Morgan fingerprint density at radius 3 is 3.00 bits per heavy atom. The zero-order valence-electron chi connectivity index (χ0n) is 10.7. The van der Waals surface area contributed by atoms with Gasteiger partial charge in [0.2, 0.25) is 0 Å². The Hall–Kier alpha value is -1.37. The van der Waals surface area contributed by atoms with Gasteiger partial charge in [-0.2, -0.15) is 4.98 Å². The topological polar surface area (TPSA) is 44.1 Å². The Balaban J connectivity index is 2.66. The molecule has 1 aromatic carbocycles. The number of nitrogens with zero attached hydrogens (tertiary/aromatic N) is 2. The summed E-state index contributed by atoms with van der Waals surface area (Å²) < 4.78 is 8.09. The molecule has 0 amide bonds. The van der Waals surface area contributed by atoms with Gasteiger partial charge in [-0.1, -0.05) is 13.0 Å². The van der Waals surface area contributed by atoms with Gasteiger partial charge in [-0.3, -0.25) is 9.36 Å². The monoisotopic (exact) mass is 370 g/mol. The first-order chi connectivity index (χ1) is 9.17. The summed E-state index contributed by atoms with van der Waals surface area (Å²) in [5, 5.41) is 0.609. The van der Waals surface area contributed by atoms with Gasteiger partial charge in [0, 0.05) is 10.1 Å². The van der Waals surface area contributed by atoms with Crippen LogP contribution in [-0.4, -0.2) is 16.2 Å². The van der Waals surface area contributed by atoms with Crippen molar-refractivity contribution in [2.75, 3.05) is 6.61 Å². The molecule has 100 valence electrons. The highest BCUT2D eigenvalue weighted by molar-refractivity contribution is 14.1. The zero-order valence-corrected chi connectivity index (χ0v) is 12.9. The van der Waals surface area contributed by atoms with E-state index < -0.39 is 0 Å². The highest BCUT2D eigenvalue weighted by atomic mass is 127. The fourth-order valence-corrected chi connectivity index (χ4v) is 2.26. The van der Waals surface area contributed by atoms with Crippen LogP contribution in [0.2, 0.25) is 0 Å². The fourth-order valence-electron chi connectivity index (χ4n) is 1.77. The van der Waals surface area contributed by atoms with Gasteiger partial charge in [0.15, 0.2) is 0 Å². The number of fused-ring (bicyclic) bond motifs is 1. The molecular weight excluding hydrogens is 355 g/mol. The van der Waals surface area contributed by atoms with Crippen LogP contribution in [-0.2, 0) is 6.54 Å². The van der Waals surface area contributed by atoms with E-state index in [1.54, 1.807) is 6.08 Å². The zero-order chi connectivity index (χ0) is 13.8. The van der Waals surface area contributed by atoms with Crippen LogP contribution in [0.1, 0.15) is 13.3 Å². The summed E-state index contributed by atoms with van der Waals surface area (Å²) in [6.45, 7) is 6.62. The molecule has 5 heteroatoms. The molecule has 2 rings (SSSR count). The largest absolute Gasteiger partial charge is 0.465 e. The molecule has 0 aliphatic heterocycles. The summed E-state index contributed by atoms with van der Waals surface area (Å²) in [5.41, 5.74) is 0.575. The molecular formula is C14H15IN2O2. The number of hydrogen-bond donors (Lipinski definition) is 0. The number of aromatic nitrogens is 2. The Labute approximate surface area is 125 Å². The maximum absolute atomic E-state index is 12.4. The second-order valence-electron chi connectivity index (χ2n) is 4.11. The van der Waals surface area contributed by atoms with Crippen LogP contribution in [0.5, 0.6) is 6.01 Å². The first kappa shape index (κ1) is 14.0. The Morgan fingerprint density at radius 2 is 2.32 bits per heavy atom. The van der Waals surface area contributed by atoms with Crippen LogP contribution in [0.15, 0.2) is 35.6 Å². The van der Waals surface area contributed by atoms with Crippen molar-refractivity contribution in [1.82, 2.24) is 9.55 Å². The lowest BCUT2D eigenvalue weighted by molar-refractivity contribution is 0.276. The van der Waals surface area contributed by atoms with Crippen LogP contribution >= 0.6 is 22.6 Å². The van der Waals surface area contributed by atoms with E-state index >= 15 is 0 Å². The van der Waals surface area contributed by atoms with Crippen molar-refractivity contribution in [3.63, 3.8) is 0 Å². The van der Waals surface area contributed by atoms with E-state index in [1.165, 1.54) is 4.57 Å². The molecule has 1 heterocycles. The Bertz CT molecular complexity index is 664. The van der Waals surface area contributed by atoms with Crippen molar-refractivity contribution in [1.29, 1.82) is 0 Å². The summed E-state index contributed by atoms with van der Waals surface area (Å²) in [7, 11) is 0. The molecule has 0 atom stereocenters. The van der Waals surface area contributed by atoms with Crippen molar-refractivity contribution >= 4 is 33.5 Å². The third kappa shape index (κ3) is 2.97. The standard InChI is InChI=1S/C14H15IN2O2/c1-3-7-17-13(18)11-9-10(15)5-6-12(11)16-14(17)19-8-4-2/h3,5-6,9H,1,4,7-8H2,2H3. The van der Waals surface area contributed by atoms with Crippen LogP contribution in [0.3, 0.4) is 0 Å². The average Bonchev–Trinajstić information content (AvgIpc) is 2.41. The van der Waals surface area contributed by atoms with Gasteiger partial charge >= 0.3 is 0 Å². The molecule has 19 heavy (non-hydrogen) atoms. The summed E-state index contributed by atoms with van der Waals surface area (Å²) >= 11 is 2.18. The Kier molecular flexibility index (Phi) is 4.57. The molecule has 0 radical (unpaired) electrons. The molecule has 4 nitrogen and oxygen atoms in total. The molecule has 1 aromatic heterocycles. The van der Waals surface area contributed by atoms with Crippen LogP contribution < -0.4 is 10.3 Å². The van der Waals surface area contributed by atoms with Crippen molar-refractivity contribution in [2.24, 2.45) is 0 Å². The quantitative estimate of drug-likeness (QED) is 0.601. The lowest BCUT2D eigenvalue weighted by atomic mass is 10.2. The van der Waals surface area contributed by atoms with Gasteiger partial charge < -0.3 is 4.74 Å². The molecule has 0 saturated heterocycles. The SMILES string of the molecule is C=CCn1c(OCCC)nc2ccc(I)cc2c1=O. The van der Waals surface area contributed by atoms with E-state index in [0.717, 1.165) is 9.99 Å².